The van der Waals surface area contributed by atoms with Crippen molar-refractivity contribution in [1.29, 1.82) is 0 Å². The summed E-state index contributed by atoms with van der Waals surface area (Å²) in [7, 11) is 0. The van der Waals surface area contributed by atoms with Crippen molar-refractivity contribution in [1.82, 2.24) is 10.6 Å². The number of amides is 1. The zero-order valence-corrected chi connectivity index (χ0v) is 9.85. The van der Waals surface area contributed by atoms with Crippen LogP contribution in [0.5, 0.6) is 0 Å². The molecule has 1 aromatic rings. The van der Waals surface area contributed by atoms with Gasteiger partial charge in [-0.3, -0.25) is 9.59 Å². The van der Waals surface area contributed by atoms with Crippen molar-refractivity contribution in [3.05, 3.63) is 53.7 Å². The van der Waals surface area contributed by atoms with E-state index in [0.29, 0.717) is 18.8 Å². The molecule has 18 heavy (non-hydrogen) atoms. The molecular weight excluding hydrogens is 228 g/mol. The minimum Gasteiger partial charge on any atom is -0.379 e. The summed E-state index contributed by atoms with van der Waals surface area (Å²) in [5.74, 6) is -0.443. The highest BCUT2D eigenvalue weighted by molar-refractivity contribution is 6.07. The Morgan fingerprint density at radius 2 is 1.83 bits per heavy atom. The smallest absolute Gasteiger partial charge is 0.267 e. The lowest BCUT2D eigenvalue weighted by Gasteiger charge is -2.16. The van der Waals surface area contributed by atoms with Crippen LogP contribution in [0.25, 0.3) is 6.08 Å². The van der Waals surface area contributed by atoms with E-state index in [9.17, 15) is 9.59 Å². The van der Waals surface area contributed by atoms with E-state index in [4.69, 9.17) is 0 Å². The van der Waals surface area contributed by atoms with Gasteiger partial charge in [-0.15, -0.1) is 0 Å². The molecule has 0 aromatic heterocycles. The van der Waals surface area contributed by atoms with Crippen molar-refractivity contribution >= 4 is 17.8 Å². The van der Waals surface area contributed by atoms with E-state index in [-0.39, 0.29) is 11.7 Å². The third kappa shape index (κ3) is 3.31. The van der Waals surface area contributed by atoms with E-state index < -0.39 is 0 Å². The molecule has 1 saturated heterocycles. The van der Waals surface area contributed by atoms with Crippen LogP contribution in [0.15, 0.2) is 48.2 Å². The summed E-state index contributed by atoms with van der Waals surface area (Å²) in [6.45, 7) is 1.23. The lowest BCUT2D eigenvalue weighted by Crippen LogP contribution is -2.43. The molecule has 0 bridgehead atoms. The molecule has 2 N–H and O–H groups in total. The van der Waals surface area contributed by atoms with Crippen LogP contribution in [0, 0.1) is 0 Å². The molecular formula is C14H14N2O2. The Kier molecular flexibility index (Phi) is 3.91. The molecule has 0 saturated carbocycles. The fraction of sp³-hybridized carbons (Fsp3) is 0.143. The topological polar surface area (TPSA) is 58.2 Å². The first kappa shape index (κ1) is 12.1. The summed E-state index contributed by atoms with van der Waals surface area (Å²) < 4.78 is 0. The Morgan fingerprint density at radius 1 is 1.11 bits per heavy atom. The Labute approximate surface area is 105 Å². The molecule has 1 fully saturated rings. The minimum absolute atomic E-state index is 0.210. The molecule has 2 rings (SSSR count). The number of nitrogens with one attached hydrogen (secondary N) is 2. The second-order valence-corrected chi connectivity index (χ2v) is 3.89. The van der Waals surface area contributed by atoms with E-state index >= 15 is 0 Å². The number of carbonyl (C=O) groups is 2. The first-order chi connectivity index (χ1) is 8.75. The van der Waals surface area contributed by atoms with Gasteiger partial charge in [0.05, 0.1) is 0 Å². The van der Waals surface area contributed by atoms with Gasteiger partial charge in [0.2, 0.25) is 0 Å². The number of piperazine rings is 1. The molecule has 1 aliphatic heterocycles. The summed E-state index contributed by atoms with van der Waals surface area (Å²) in [5, 5.41) is 5.56. The number of allylic oxidation sites excluding steroid dienone is 2. The first-order valence-electron chi connectivity index (χ1n) is 5.76. The van der Waals surface area contributed by atoms with Gasteiger partial charge in [-0.1, -0.05) is 36.4 Å². The van der Waals surface area contributed by atoms with Crippen LogP contribution in [-0.4, -0.2) is 24.8 Å². The zero-order valence-electron chi connectivity index (χ0n) is 9.85. The average molecular weight is 242 g/mol. The normalized spacial score (nSPS) is 17.6. The SMILES string of the molecule is O=C(C=Cc1ccccc1)C=C1NCCNC1=O. The predicted octanol–water partition coefficient (Wildman–Crippen LogP) is 0.872. The maximum absolute atomic E-state index is 11.6. The van der Waals surface area contributed by atoms with Crippen molar-refractivity contribution < 1.29 is 9.59 Å². The standard InChI is InChI=1S/C14H14N2O2/c17-12(7-6-11-4-2-1-3-5-11)10-13-14(18)16-9-8-15-13/h1-7,10,15H,8-9H2,(H,16,18). The maximum Gasteiger partial charge on any atom is 0.267 e. The molecule has 1 aliphatic rings. The zero-order chi connectivity index (χ0) is 12.8. The molecule has 4 nitrogen and oxygen atoms in total. The van der Waals surface area contributed by atoms with Gasteiger partial charge in [0.25, 0.3) is 5.91 Å². The number of hydrogen-bond donors (Lipinski definition) is 2. The van der Waals surface area contributed by atoms with Gasteiger partial charge in [-0.25, -0.2) is 0 Å². The van der Waals surface area contributed by atoms with Gasteiger partial charge < -0.3 is 10.6 Å². The predicted molar refractivity (Wildman–Crippen MR) is 69.6 cm³/mol. The summed E-state index contributed by atoms with van der Waals surface area (Å²) in [4.78, 5) is 23.0. The van der Waals surface area contributed by atoms with Gasteiger partial charge in [0.15, 0.2) is 5.78 Å². The van der Waals surface area contributed by atoms with Crippen molar-refractivity contribution in [2.24, 2.45) is 0 Å². The molecule has 1 heterocycles. The number of ketones is 1. The summed E-state index contributed by atoms with van der Waals surface area (Å²) in [6.07, 6.45) is 4.49. The maximum atomic E-state index is 11.6. The Bertz CT molecular complexity index is 504. The minimum atomic E-state index is -0.234. The van der Waals surface area contributed by atoms with Crippen LogP contribution < -0.4 is 10.6 Å². The van der Waals surface area contributed by atoms with Gasteiger partial charge in [-0.05, 0) is 11.6 Å². The van der Waals surface area contributed by atoms with E-state index in [1.54, 1.807) is 6.08 Å². The van der Waals surface area contributed by atoms with E-state index in [2.05, 4.69) is 10.6 Å². The van der Waals surface area contributed by atoms with Gasteiger partial charge in [-0.2, -0.15) is 0 Å². The third-order valence-electron chi connectivity index (χ3n) is 2.50. The second kappa shape index (κ2) is 5.82. The average Bonchev–Trinajstić information content (AvgIpc) is 2.40. The molecule has 0 atom stereocenters. The summed E-state index contributed by atoms with van der Waals surface area (Å²) in [5.41, 5.74) is 1.27. The number of carbonyl (C=O) groups excluding carboxylic acids is 2. The Morgan fingerprint density at radius 3 is 2.56 bits per heavy atom. The highest BCUT2D eigenvalue weighted by Gasteiger charge is 2.13. The van der Waals surface area contributed by atoms with Crippen LogP contribution in [0.4, 0.5) is 0 Å². The quantitative estimate of drug-likeness (QED) is 0.773. The van der Waals surface area contributed by atoms with E-state index in [1.807, 2.05) is 30.3 Å². The highest BCUT2D eigenvalue weighted by atomic mass is 16.2. The molecule has 0 aliphatic carbocycles. The van der Waals surface area contributed by atoms with E-state index in [1.165, 1.54) is 12.2 Å². The van der Waals surface area contributed by atoms with Crippen LogP contribution in [0.3, 0.4) is 0 Å². The lowest BCUT2D eigenvalue weighted by atomic mass is 10.2. The monoisotopic (exact) mass is 242 g/mol. The third-order valence-corrected chi connectivity index (χ3v) is 2.50. The van der Waals surface area contributed by atoms with Crippen LogP contribution >= 0.6 is 0 Å². The lowest BCUT2D eigenvalue weighted by molar-refractivity contribution is -0.119. The Balaban J connectivity index is 2.02. The molecule has 4 heteroatoms. The van der Waals surface area contributed by atoms with Crippen molar-refractivity contribution in [2.75, 3.05) is 13.1 Å². The molecule has 92 valence electrons. The fourth-order valence-corrected chi connectivity index (χ4v) is 1.60. The fourth-order valence-electron chi connectivity index (χ4n) is 1.60. The molecule has 1 aromatic carbocycles. The highest BCUT2D eigenvalue weighted by Crippen LogP contribution is 2.02. The first-order valence-corrected chi connectivity index (χ1v) is 5.76. The van der Waals surface area contributed by atoms with Gasteiger partial charge in [0, 0.05) is 19.2 Å². The van der Waals surface area contributed by atoms with Gasteiger partial charge >= 0.3 is 0 Å². The van der Waals surface area contributed by atoms with Crippen molar-refractivity contribution in [3.63, 3.8) is 0 Å². The molecule has 1 amide bonds. The van der Waals surface area contributed by atoms with Crippen LogP contribution in [0.2, 0.25) is 0 Å². The molecule has 0 unspecified atom stereocenters. The Hall–Kier alpha value is -2.36. The molecule has 0 radical (unpaired) electrons. The second-order valence-electron chi connectivity index (χ2n) is 3.89. The van der Waals surface area contributed by atoms with Crippen LogP contribution in [0.1, 0.15) is 5.56 Å². The van der Waals surface area contributed by atoms with Crippen molar-refractivity contribution in [2.45, 2.75) is 0 Å². The summed E-state index contributed by atoms with van der Waals surface area (Å²) in [6, 6.07) is 9.53. The summed E-state index contributed by atoms with van der Waals surface area (Å²) >= 11 is 0. The van der Waals surface area contributed by atoms with E-state index in [0.717, 1.165) is 5.56 Å². The number of benzene rings is 1. The van der Waals surface area contributed by atoms with Crippen LogP contribution in [-0.2, 0) is 9.59 Å². The van der Waals surface area contributed by atoms with Crippen molar-refractivity contribution in [3.8, 4) is 0 Å². The van der Waals surface area contributed by atoms with Gasteiger partial charge in [0.1, 0.15) is 5.70 Å². The number of rotatable bonds is 3. The molecule has 0 spiro atoms. The number of hydrogen-bond acceptors (Lipinski definition) is 3. The largest absolute Gasteiger partial charge is 0.379 e.